The maximum absolute atomic E-state index is 12.6. The number of nitrogens with zero attached hydrogens (tertiary/aromatic N) is 1. The van der Waals surface area contributed by atoms with Crippen LogP contribution in [0.1, 0.15) is 62.7 Å². The predicted octanol–water partition coefficient (Wildman–Crippen LogP) is 3.80. The minimum Gasteiger partial charge on any atom is -0.356 e. The van der Waals surface area contributed by atoms with E-state index >= 15 is 0 Å². The second-order valence-corrected chi connectivity index (χ2v) is 13.4. The highest BCUT2D eigenvalue weighted by Gasteiger charge is 2.50. The highest BCUT2D eigenvalue weighted by molar-refractivity contribution is 7.91. The lowest BCUT2D eigenvalue weighted by Gasteiger charge is -2.57. The lowest BCUT2D eigenvalue weighted by Crippen LogP contribution is -2.47. The monoisotopic (exact) mass is 436 g/mol. The van der Waals surface area contributed by atoms with Crippen LogP contribution in [0.25, 0.3) is 0 Å². The molecule has 6 rings (SSSR count). The minimum absolute atomic E-state index is 0.0155. The first-order valence-corrected chi connectivity index (χ1v) is 13.5. The van der Waals surface area contributed by atoms with Gasteiger partial charge in [-0.05, 0) is 93.1 Å². The summed E-state index contributed by atoms with van der Waals surface area (Å²) in [6, 6.07) is 3.46. The Labute approximate surface area is 178 Å². The minimum atomic E-state index is -3.38. The Hall–Kier alpha value is -0.920. The molecule has 1 amide bonds. The van der Waals surface area contributed by atoms with Crippen molar-refractivity contribution >= 4 is 27.3 Å². The number of carbonyl (C=O) groups excluding carboxylic acids is 1. The van der Waals surface area contributed by atoms with Gasteiger partial charge in [0.25, 0.3) is 10.0 Å². The SMILES string of the molecule is O=C(Cc1ccc(S(=O)(=O)N2CCCC2)s1)NCCC12CC3CC(CC(C3)C1)C2. The highest BCUT2D eigenvalue weighted by atomic mass is 32.2. The largest absolute Gasteiger partial charge is 0.356 e. The van der Waals surface area contributed by atoms with Gasteiger partial charge in [-0.1, -0.05) is 0 Å². The summed E-state index contributed by atoms with van der Waals surface area (Å²) in [5.41, 5.74) is 0.488. The van der Waals surface area contributed by atoms with Crippen LogP contribution in [-0.4, -0.2) is 38.3 Å². The Morgan fingerprint density at radius 3 is 2.31 bits per heavy atom. The molecule has 7 heteroatoms. The molecule has 5 aliphatic rings. The number of thiophene rings is 1. The van der Waals surface area contributed by atoms with E-state index in [0.717, 1.165) is 48.4 Å². The van der Waals surface area contributed by atoms with E-state index in [1.165, 1.54) is 49.9 Å². The third-order valence-corrected chi connectivity index (χ3v) is 11.2. The Morgan fingerprint density at radius 2 is 1.69 bits per heavy atom. The van der Waals surface area contributed by atoms with Gasteiger partial charge in [-0.25, -0.2) is 8.42 Å². The van der Waals surface area contributed by atoms with Crippen molar-refractivity contribution in [2.45, 2.75) is 68.4 Å². The van der Waals surface area contributed by atoms with Crippen molar-refractivity contribution in [1.29, 1.82) is 0 Å². The molecule has 2 heterocycles. The van der Waals surface area contributed by atoms with Crippen molar-refractivity contribution in [3.63, 3.8) is 0 Å². The Kier molecular flexibility index (Phi) is 5.28. The lowest BCUT2D eigenvalue weighted by atomic mass is 9.49. The van der Waals surface area contributed by atoms with Crippen LogP contribution in [0, 0.1) is 23.2 Å². The van der Waals surface area contributed by atoms with Crippen molar-refractivity contribution in [3.05, 3.63) is 17.0 Å². The second-order valence-electron chi connectivity index (χ2n) is 10.0. The van der Waals surface area contributed by atoms with Crippen molar-refractivity contribution in [1.82, 2.24) is 9.62 Å². The number of carbonyl (C=O) groups is 1. The van der Waals surface area contributed by atoms with Gasteiger partial charge in [0.15, 0.2) is 0 Å². The molecule has 1 aliphatic heterocycles. The van der Waals surface area contributed by atoms with E-state index < -0.39 is 10.0 Å². The Morgan fingerprint density at radius 1 is 1.07 bits per heavy atom. The van der Waals surface area contributed by atoms with Crippen LogP contribution in [0.15, 0.2) is 16.3 Å². The van der Waals surface area contributed by atoms with E-state index in [9.17, 15) is 13.2 Å². The molecular formula is C22H32N2O3S2. The van der Waals surface area contributed by atoms with Gasteiger partial charge in [-0.3, -0.25) is 4.79 Å². The average Bonchev–Trinajstić information content (AvgIpc) is 3.33. The molecule has 0 atom stereocenters. The van der Waals surface area contributed by atoms with Gasteiger partial charge in [0.2, 0.25) is 5.91 Å². The first kappa shape index (κ1) is 20.0. The average molecular weight is 437 g/mol. The number of sulfonamides is 1. The van der Waals surface area contributed by atoms with Crippen LogP contribution < -0.4 is 5.32 Å². The summed E-state index contributed by atoms with van der Waals surface area (Å²) < 4.78 is 27.2. The number of hydrogen-bond donors (Lipinski definition) is 1. The molecule has 4 aliphatic carbocycles. The zero-order chi connectivity index (χ0) is 20.1. The number of nitrogens with one attached hydrogen (secondary N) is 1. The van der Waals surface area contributed by atoms with Gasteiger partial charge < -0.3 is 5.32 Å². The molecule has 160 valence electrons. The summed E-state index contributed by atoms with van der Waals surface area (Å²) in [6.07, 6.45) is 11.7. The molecule has 1 aromatic rings. The van der Waals surface area contributed by atoms with Gasteiger partial charge in [-0.15, -0.1) is 11.3 Å². The molecule has 5 nitrogen and oxygen atoms in total. The van der Waals surface area contributed by atoms with Crippen LogP contribution in [0.2, 0.25) is 0 Å². The third kappa shape index (κ3) is 4.02. The van der Waals surface area contributed by atoms with Crippen LogP contribution in [0.3, 0.4) is 0 Å². The molecule has 1 aromatic heterocycles. The molecule has 1 saturated heterocycles. The molecule has 4 bridgehead atoms. The summed E-state index contributed by atoms with van der Waals surface area (Å²) in [5, 5.41) is 3.12. The number of amides is 1. The van der Waals surface area contributed by atoms with E-state index in [4.69, 9.17) is 0 Å². The standard InChI is InChI=1S/C22H32N2O3S2/c25-20(12-19-3-4-21(28-19)29(26,27)24-7-1-2-8-24)23-6-5-22-13-16-9-17(14-22)11-18(10-16)15-22/h3-4,16-18H,1-2,5-15H2,(H,23,25). The summed E-state index contributed by atoms with van der Waals surface area (Å²) in [7, 11) is -3.38. The normalized spacial score (nSPS) is 34.0. The van der Waals surface area contributed by atoms with Gasteiger partial charge in [0, 0.05) is 24.5 Å². The fourth-order valence-electron chi connectivity index (χ4n) is 6.93. The molecule has 4 saturated carbocycles. The van der Waals surface area contributed by atoms with Gasteiger partial charge >= 0.3 is 0 Å². The molecule has 1 N–H and O–H groups in total. The van der Waals surface area contributed by atoms with Crippen LogP contribution in [0.4, 0.5) is 0 Å². The zero-order valence-electron chi connectivity index (χ0n) is 17.1. The first-order chi connectivity index (χ1) is 13.9. The van der Waals surface area contributed by atoms with Gasteiger partial charge in [-0.2, -0.15) is 4.31 Å². The van der Waals surface area contributed by atoms with Gasteiger partial charge in [0.05, 0.1) is 6.42 Å². The van der Waals surface area contributed by atoms with Gasteiger partial charge in [0.1, 0.15) is 4.21 Å². The maximum atomic E-state index is 12.6. The Balaban J connectivity index is 1.13. The van der Waals surface area contributed by atoms with E-state index in [1.54, 1.807) is 16.4 Å². The molecule has 29 heavy (non-hydrogen) atoms. The van der Waals surface area contributed by atoms with Crippen molar-refractivity contribution in [2.24, 2.45) is 23.2 Å². The number of hydrogen-bond acceptors (Lipinski definition) is 4. The smallest absolute Gasteiger partial charge is 0.252 e. The van der Waals surface area contributed by atoms with Crippen LogP contribution >= 0.6 is 11.3 Å². The molecule has 5 fully saturated rings. The molecule has 0 spiro atoms. The summed E-state index contributed by atoms with van der Waals surface area (Å²) in [5.74, 6) is 2.85. The van der Waals surface area contributed by atoms with E-state index in [1.807, 2.05) is 0 Å². The zero-order valence-corrected chi connectivity index (χ0v) is 18.7. The van der Waals surface area contributed by atoms with Crippen LogP contribution in [0.5, 0.6) is 0 Å². The fraction of sp³-hybridized carbons (Fsp3) is 0.773. The third-order valence-electron chi connectivity index (χ3n) is 7.77. The van der Waals surface area contributed by atoms with E-state index in [2.05, 4.69) is 5.32 Å². The van der Waals surface area contributed by atoms with Crippen molar-refractivity contribution < 1.29 is 13.2 Å². The number of rotatable bonds is 7. The maximum Gasteiger partial charge on any atom is 0.252 e. The van der Waals surface area contributed by atoms with Crippen molar-refractivity contribution in [2.75, 3.05) is 19.6 Å². The lowest BCUT2D eigenvalue weighted by molar-refractivity contribution is -0.120. The van der Waals surface area contributed by atoms with Crippen molar-refractivity contribution in [3.8, 4) is 0 Å². The molecular weight excluding hydrogens is 404 g/mol. The fourth-order valence-corrected chi connectivity index (χ4v) is 9.96. The topological polar surface area (TPSA) is 66.5 Å². The first-order valence-electron chi connectivity index (χ1n) is 11.3. The quantitative estimate of drug-likeness (QED) is 0.707. The Bertz CT molecular complexity index is 835. The van der Waals surface area contributed by atoms with Crippen LogP contribution in [-0.2, 0) is 21.2 Å². The highest BCUT2D eigenvalue weighted by Crippen LogP contribution is 2.61. The summed E-state index contributed by atoms with van der Waals surface area (Å²) in [6.45, 7) is 1.98. The second kappa shape index (κ2) is 7.65. The predicted molar refractivity (Wildman–Crippen MR) is 114 cm³/mol. The summed E-state index contributed by atoms with van der Waals surface area (Å²) in [4.78, 5) is 13.3. The van der Waals surface area contributed by atoms with E-state index in [-0.39, 0.29) is 12.3 Å². The van der Waals surface area contributed by atoms with E-state index in [0.29, 0.717) is 22.7 Å². The molecule has 0 aromatic carbocycles. The summed E-state index contributed by atoms with van der Waals surface area (Å²) >= 11 is 1.25. The molecule has 0 radical (unpaired) electrons. The molecule has 0 unspecified atom stereocenters.